The number of likely N-dealkylation sites (N-methyl/N-ethyl adjacent to an activating group) is 1. The van der Waals surface area contributed by atoms with Crippen molar-refractivity contribution in [2.45, 2.75) is 19.1 Å². The molecule has 3 heteroatoms. The van der Waals surface area contributed by atoms with Gasteiger partial charge in [0.1, 0.15) is 0 Å². The fraction of sp³-hybridized carbons (Fsp3) is 0.400. The van der Waals surface area contributed by atoms with Crippen LogP contribution in [0, 0.1) is 0 Å². The maximum atomic E-state index is 9.73. The predicted molar refractivity (Wildman–Crippen MR) is 57.2 cm³/mol. The summed E-state index contributed by atoms with van der Waals surface area (Å²) < 4.78 is 0. The number of halogens is 1. The molecule has 1 aromatic carbocycles. The first-order valence-corrected chi connectivity index (χ1v) is 4.16. The zero-order chi connectivity index (χ0) is 8.97. The summed E-state index contributed by atoms with van der Waals surface area (Å²) in [5, 5.41) is 12.7. The number of rotatable bonds is 3. The molecule has 0 spiro atoms. The molecule has 1 unspecified atom stereocenters. The maximum absolute atomic E-state index is 9.73. The summed E-state index contributed by atoms with van der Waals surface area (Å²) in [7, 11) is 1.84. The Morgan fingerprint density at radius 2 is 1.77 bits per heavy atom. The van der Waals surface area contributed by atoms with Gasteiger partial charge in [0.15, 0.2) is 0 Å². The highest BCUT2D eigenvalue weighted by Gasteiger charge is 2.12. The lowest BCUT2D eigenvalue weighted by molar-refractivity contribution is 0.140. The zero-order valence-electron chi connectivity index (χ0n) is 7.90. The molecule has 13 heavy (non-hydrogen) atoms. The second-order valence-electron chi connectivity index (χ2n) is 2.93. The SMILES string of the molecule is CNC(C)[C@H](O)c1ccccc1.Cl. The molecule has 0 amide bonds. The van der Waals surface area contributed by atoms with E-state index in [2.05, 4.69) is 5.32 Å². The van der Waals surface area contributed by atoms with Gasteiger partial charge in [-0.05, 0) is 19.5 Å². The molecule has 0 aromatic heterocycles. The fourth-order valence-corrected chi connectivity index (χ4v) is 1.10. The fourth-order valence-electron chi connectivity index (χ4n) is 1.10. The van der Waals surface area contributed by atoms with Crippen LogP contribution in [0.5, 0.6) is 0 Å². The Hall–Kier alpha value is -0.570. The molecule has 1 aromatic rings. The van der Waals surface area contributed by atoms with Gasteiger partial charge in [-0.2, -0.15) is 0 Å². The van der Waals surface area contributed by atoms with Gasteiger partial charge in [0.05, 0.1) is 6.10 Å². The molecule has 0 radical (unpaired) electrons. The predicted octanol–water partition coefficient (Wildman–Crippen LogP) is 1.75. The summed E-state index contributed by atoms with van der Waals surface area (Å²) in [6.07, 6.45) is -0.420. The number of hydrogen-bond donors (Lipinski definition) is 2. The summed E-state index contributed by atoms with van der Waals surface area (Å²) in [5.41, 5.74) is 0.958. The van der Waals surface area contributed by atoms with Crippen LogP contribution in [-0.2, 0) is 0 Å². The van der Waals surface area contributed by atoms with Crippen LogP contribution in [0.1, 0.15) is 18.6 Å². The highest BCUT2D eigenvalue weighted by atomic mass is 35.5. The molecule has 0 bridgehead atoms. The van der Waals surface area contributed by atoms with Crippen molar-refractivity contribution < 1.29 is 5.11 Å². The van der Waals surface area contributed by atoms with Crippen molar-refractivity contribution in [2.75, 3.05) is 7.05 Å². The molecule has 2 nitrogen and oxygen atoms in total. The van der Waals surface area contributed by atoms with E-state index in [1.807, 2.05) is 44.3 Å². The van der Waals surface area contributed by atoms with Gasteiger partial charge >= 0.3 is 0 Å². The number of hydrogen-bond acceptors (Lipinski definition) is 2. The van der Waals surface area contributed by atoms with E-state index in [0.29, 0.717) is 0 Å². The van der Waals surface area contributed by atoms with Crippen LogP contribution >= 0.6 is 12.4 Å². The van der Waals surface area contributed by atoms with Crippen molar-refractivity contribution in [2.24, 2.45) is 0 Å². The third-order valence-electron chi connectivity index (χ3n) is 2.07. The molecule has 0 aliphatic heterocycles. The zero-order valence-corrected chi connectivity index (χ0v) is 8.71. The standard InChI is InChI=1S/C10H15NO.ClH/c1-8(11-2)10(12)9-6-4-3-5-7-9;/h3-8,10-12H,1-2H3;1H/t8?,10-;/m0./s1. The van der Waals surface area contributed by atoms with Gasteiger partial charge in [0.25, 0.3) is 0 Å². The van der Waals surface area contributed by atoms with E-state index in [1.54, 1.807) is 0 Å². The van der Waals surface area contributed by atoms with Crippen molar-refractivity contribution in [3.05, 3.63) is 35.9 Å². The quantitative estimate of drug-likeness (QED) is 0.781. The van der Waals surface area contributed by atoms with E-state index in [-0.39, 0.29) is 18.4 Å². The minimum Gasteiger partial charge on any atom is -0.387 e. The molecule has 0 saturated carbocycles. The molecule has 0 heterocycles. The maximum Gasteiger partial charge on any atom is 0.0940 e. The van der Waals surface area contributed by atoms with Gasteiger partial charge in [-0.25, -0.2) is 0 Å². The smallest absolute Gasteiger partial charge is 0.0940 e. The Morgan fingerprint density at radius 1 is 1.23 bits per heavy atom. The second kappa shape index (κ2) is 5.97. The normalized spacial score (nSPS) is 14.4. The molecule has 2 N–H and O–H groups in total. The van der Waals surface area contributed by atoms with Gasteiger partial charge in [0.2, 0.25) is 0 Å². The third kappa shape index (κ3) is 3.35. The highest BCUT2D eigenvalue weighted by molar-refractivity contribution is 5.85. The average molecular weight is 202 g/mol. The summed E-state index contributed by atoms with van der Waals surface area (Å²) in [4.78, 5) is 0. The Balaban J connectivity index is 0.00000144. The van der Waals surface area contributed by atoms with E-state index in [4.69, 9.17) is 0 Å². The monoisotopic (exact) mass is 201 g/mol. The van der Waals surface area contributed by atoms with E-state index < -0.39 is 6.10 Å². The lowest BCUT2D eigenvalue weighted by atomic mass is 10.0. The molecule has 0 saturated heterocycles. The minimum absolute atomic E-state index is 0. The molecular weight excluding hydrogens is 186 g/mol. The summed E-state index contributed by atoms with van der Waals surface area (Å²) >= 11 is 0. The van der Waals surface area contributed by atoms with Gasteiger partial charge in [-0.1, -0.05) is 30.3 Å². The topological polar surface area (TPSA) is 32.3 Å². The minimum atomic E-state index is -0.420. The van der Waals surface area contributed by atoms with Crippen LogP contribution in [0.4, 0.5) is 0 Å². The Morgan fingerprint density at radius 3 is 2.23 bits per heavy atom. The van der Waals surface area contributed by atoms with Crippen molar-refractivity contribution in [3.8, 4) is 0 Å². The van der Waals surface area contributed by atoms with Crippen molar-refractivity contribution in [1.82, 2.24) is 5.32 Å². The number of aliphatic hydroxyl groups is 1. The Bertz CT molecular complexity index is 228. The molecular formula is C10H16ClNO. The lowest BCUT2D eigenvalue weighted by Gasteiger charge is -2.17. The summed E-state index contributed by atoms with van der Waals surface area (Å²) in [5.74, 6) is 0. The first-order chi connectivity index (χ1) is 5.75. The molecule has 0 fully saturated rings. The number of aliphatic hydroxyl groups excluding tert-OH is 1. The van der Waals surface area contributed by atoms with Crippen LogP contribution in [-0.4, -0.2) is 18.2 Å². The molecule has 0 aliphatic carbocycles. The second-order valence-corrected chi connectivity index (χ2v) is 2.93. The highest BCUT2D eigenvalue weighted by Crippen LogP contribution is 2.15. The molecule has 2 atom stereocenters. The first-order valence-electron chi connectivity index (χ1n) is 4.16. The van der Waals surface area contributed by atoms with Crippen LogP contribution in [0.3, 0.4) is 0 Å². The van der Waals surface area contributed by atoms with Crippen LogP contribution in [0.15, 0.2) is 30.3 Å². The van der Waals surface area contributed by atoms with Crippen LogP contribution in [0.25, 0.3) is 0 Å². The van der Waals surface area contributed by atoms with Crippen molar-refractivity contribution in [3.63, 3.8) is 0 Å². The first kappa shape index (κ1) is 12.4. The number of nitrogens with one attached hydrogen (secondary N) is 1. The number of benzene rings is 1. The van der Waals surface area contributed by atoms with Crippen LogP contribution < -0.4 is 5.32 Å². The summed E-state index contributed by atoms with van der Waals surface area (Å²) in [6, 6.07) is 9.76. The molecule has 0 aliphatic rings. The van der Waals surface area contributed by atoms with Gasteiger partial charge in [0, 0.05) is 6.04 Å². The van der Waals surface area contributed by atoms with Crippen molar-refractivity contribution >= 4 is 12.4 Å². The lowest BCUT2D eigenvalue weighted by Crippen LogP contribution is -2.28. The molecule has 74 valence electrons. The summed E-state index contributed by atoms with van der Waals surface area (Å²) in [6.45, 7) is 1.96. The average Bonchev–Trinajstić information content (AvgIpc) is 2.17. The third-order valence-corrected chi connectivity index (χ3v) is 2.07. The van der Waals surface area contributed by atoms with E-state index in [9.17, 15) is 5.11 Å². The van der Waals surface area contributed by atoms with E-state index >= 15 is 0 Å². The Labute approximate surface area is 85.4 Å². The largest absolute Gasteiger partial charge is 0.387 e. The van der Waals surface area contributed by atoms with E-state index in [1.165, 1.54) is 0 Å². The molecule has 1 rings (SSSR count). The van der Waals surface area contributed by atoms with E-state index in [0.717, 1.165) is 5.56 Å². The van der Waals surface area contributed by atoms with Gasteiger partial charge in [-0.3, -0.25) is 0 Å². The van der Waals surface area contributed by atoms with Crippen LogP contribution in [0.2, 0.25) is 0 Å². The van der Waals surface area contributed by atoms with Gasteiger partial charge in [-0.15, -0.1) is 12.4 Å². The van der Waals surface area contributed by atoms with Gasteiger partial charge < -0.3 is 10.4 Å². The van der Waals surface area contributed by atoms with Crippen molar-refractivity contribution in [1.29, 1.82) is 0 Å². The Kier molecular flexibility index (Phi) is 5.71.